The number of hydrogen-bond donors (Lipinski definition) is 3. The van der Waals surface area contributed by atoms with Gasteiger partial charge in [-0.3, -0.25) is 4.72 Å². The summed E-state index contributed by atoms with van der Waals surface area (Å²) in [6, 6.07) is 19.5. The lowest BCUT2D eigenvalue weighted by atomic mass is 9.83. The number of carbonyl (C=O) groups is 1. The average Bonchev–Trinajstić information content (AvgIpc) is 3.45. The van der Waals surface area contributed by atoms with Crippen molar-refractivity contribution in [2.45, 2.75) is 23.9 Å². The van der Waals surface area contributed by atoms with Crippen molar-refractivity contribution in [2.75, 3.05) is 11.8 Å². The van der Waals surface area contributed by atoms with E-state index in [2.05, 4.69) is 4.72 Å². The number of phenols is 2. The number of anilines is 1. The van der Waals surface area contributed by atoms with Crippen molar-refractivity contribution in [3.8, 4) is 11.5 Å². The maximum atomic E-state index is 13.5. The summed E-state index contributed by atoms with van der Waals surface area (Å²) in [7, 11) is -2.74. The van der Waals surface area contributed by atoms with Crippen LogP contribution in [-0.2, 0) is 19.5 Å². The first-order valence-electron chi connectivity index (χ1n) is 11.0. The number of phenolic OH excluding ortho intramolecular Hbond substituents is 2. The summed E-state index contributed by atoms with van der Waals surface area (Å²) in [5.41, 5.74) is 3.36. The minimum Gasteiger partial charge on any atom is -0.508 e. The number of fused-ring (bicyclic) bond motifs is 2. The first-order chi connectivity index (χ1) is 16.8. The molecule has 3 aromatic carbocycles. The molecular weight excluding hydrogens is 470 g/mol. The van der Waals surface area contributed by atoms with Crippen LogP contribution in [0, 0.1) is 0 Å². The first-order valence-corrected chi connectivity index (χ1v) is 12.5. The Morgan fingerprint density at radius 2 is 1.49 bits per heavy atom. The number of ether oxygens (including phenoxy) is 2. The fraction of sp³-hybridized carbons (Fsp3) is 0.192. The van der Waals surface area contributed by atoms with Gasteiger partial charge in [0.15, 0.2) is 0 Å². The quantitative estimate of drug-likeness (QED) is 0.447. The maximum Gasteiger partial charge on any atom is 0.339 e. The molecule has 0 radical (unpaired) electrons. The van der Waals surface area contributed by atoms with Gasteiger partial charge in [0.1, 0.15) is 22.9 Å². The van der Waals surface area contributed by atoms with Crippen LogP contribution < -0.4 is 4.72 Å². The third-order valence-corrected chi connectivity index (χ3v) is 8.07. The molecule has 5 rings (SSSR count). The second-order valence-electron chi connectivity index (χ2n) is 8.42. The number of carbonyl (C=O) groups excluding carboxylic acids is 1. The highest BCUT2D eigenvalue weighted by Gasteiger charge is 2.53. The fourth-order valence-corrected chi connectivity index (χ4v) is 6.33. The molecule has 35 heavy (non-hydrogen) atoms. The van der Waals surface area contributed by atoms with Gasteiger partial charge in [0, 0.05) is 0 Å². The van der Waals surface area contributed by atoms with Crippen LogP contribution in [0.2, 0.25) is 0 Å². The molecule has 0 amide bonds. The molecule has 3 atom stereocenters. The number of methoxy groups -OCH3 is 1. The van der Waals surface area contributed by atoms with Gasteiger partial charge in [-0.1, -0.05) is 36.4 Å². The minimum absolute atomic E-state index is 0.0925. The van der Waals surface area contributed by atoms with Crippen LogP contribution in [-0.4, -0.2) is 49.2 Å². The summed E-state index contributed by atoms with van der Waals surface area (Å²) in [6.07, 6.45) is -1.03. The van der Waals surface area contributed by atoms with Gasteiger partial charge in [0.25, 0.3) is 0 Å². The Bertz CT molecular complexity index is 1410. The molecule has 0 aromatic heterocycles. The Kier molecular flexibility index (Phi) is 5.74. The number of para-hydroxylation sites is 1. The number of aromatic hydroxyl groups is 2. The number of benzene rings is 3. The lowest BCUT2D eigenvalue weighted by Gasteiger charge is -2.25. The molecule has 3 unspecified atom stereocenters. The van der Waals surface area contributed by atoms with Crippen molar-refractivity contribution in [3.63, 3.8) is 0 Å². The van der Waals surface area contributed by atoms with Gasteiger partial charge in [-0.05, 0) is 65.1 Å². The van der Waals surface area contributed by atoms with E-state index in [0.717, 1.165) is 16.7 Å². The predicted molar refractivity (Wildman–Crippen MR) is 130 cm³/mol. The normalized spacial score (nSPS) is 21.2. The van der Waals surface area contributed by atoms with Gasteiger partial charge in [0.05, 0.1) is 24.5 Å². The van der Waals surface area contributed by atoms with Crippen LogP contribution in [0.15, 0.2) is 72.8 Å². The van der Waals surface area contributed by atoms with E-state index in [9.17, 15) is 23.4 Å². The van der Waals surface area contributed by atoms with Crippen LogP contribution in [0.3, 0.4) is 0 Å². The summed E-state index contributed by atoms with van der Waals surface area (Å²) < 4.78 is 40.6. The standard InChI is InChI=1S/C26H23NO7S/c1-33-26(30)19-4-2-3-5-20(19)27-35(31,32)22-14-21-23(15-6-10-17(28)11-7-15)24(25(22)34-21)16-8-12-18(29)13-9-16/h2-13,21-22,25,27-29H,14H2,1H3. The van der Waals surface area contributed by atoms with Gasteiger partial charge < -0.3 is 19.7 Å². The second kappa shape index (κ2) is 8.75. The number of esters is 1. The Balaban J connectivity index is 1.55. The molecule has 1 fully saturated rings. The van der Waals surface area contributed by atoms with Crippen molar-refractivity contribution < 1.29 is 32.9 Å². The molecular formula is C26H23NO7S. The summed E-state index contributed by atoms with van der Waals surface area (Å²) in [5, 5.41) is 18.6. The molecule has 2 aliphatic rings. The van der Waals surface area contributed by atoms with E-state index < -0.39 is 33.5 Å². The molecule has 180 valence electrons. The molecule has 0 spiro atoms. The lowest BCUT2D eigenvalue weighted by Crippen LogP contribution is -2.37. The maximum absolute atomic E-state index is 13.5. The van der Waals surface area contributed by atoms with Crippen LogP contribution in [0.1, 0.15) is 27.9 Å². The molecule has 1 saturated heterocycles. The minimum atomic E-state index is -3.98. The van der Waals surface area contributed by atoms with E-state index in [4.69, 9.17) is 9.47 Å². The van der Waals surface area contributed by atoms with Crippen LogP contribution in [0.25, 0.3) is 11.1 Å². The Morgan fingerprint density at radius 3 is 2.09 bits per heavy atom. The summed E-state index contributed by atoms with van der Waals surface area (Å²) >= 11 is 0. The summed E-state index contributed by atoms with van der Waals surface area (Å²) in [5.74, 6) is -0.430. The molecule has 8 nitrogen and oxygen atoms in total. The molecule has 0 saturated carbocycles. The number of hydrogen-bond acceptors (Lipinski definition) is 7. The average molecular weight is 494 g/mol. The molecule has 3 aromatic rings. The smallest absolute Gasteiger partial charge is 0.339 e. The highest BCUT2D eigenvalue weighted by atomic mass is 32.2. The summed E-state index contributed by atoms with van der Waals surface area (Å²) in [4.78, 5) is 12.1. The summed E-state index contributed by atoms with van der Waals surface area (Å²) in [6.45, 7) is 0. The zero-order valence-corrected chi connectivity index (χ0v) is 19.5. The van der Waals surface area contributed by atoms with E-state index in [1.54, 1.807) is 48.5 Å². The van der Waals surface area contributed by atoms with Crippen molar-refractivity contribution >= 4 is 32.8 Å². The molecule has 9 heteroatoms. The second-order valence-corrected chi connectivity index (χ2v) is 10.3. The van der Waals surface area contributed by atoms with Gasteiger partial charge in [-0.25, -0.2) is 13.2 Å². The van der Waals surface area contributed by atoms with E-state index in [1.807, 2.05) is 0 Å². The van der Waals surface area contributed by atoms with Gasteiger partial charge in [-0.2, -0.15) is 0 Å². The van der Waals surface area contributed by atoms with Crippen molar-refractivity contribution in [2.24, 2.45) is 0 Å². The fourth-order valence-electron chi connectivity index (χ4n) is 4.74. The third-order valence-electron chi connectivity index (χ3n) is 6.33. The molecule has 2 heterocycles. The van der Waals surface area contributed by atoms with E-state index in [1.165, 1.54) is 31.4 Å². The van der Waals surface area contributed by atoms with Crippen molar-refractivity contribution in [1.29, 1.82) is 0 Å². The molecule has 2 bridgehead atoms. The topological polar surface area (TPSA) is 122 Å². The monoisotopic (exact) mass is 493 g/mol. The zero-order chi connectivity index (χ0) is 24.7. The van der Waals surface area contributed by atoms with Crippen LogP contribution in [0.5, 0.6) is 11.5 Å². The number of nitrogens with one attached hydrogen (secondary N) is 1. The van der Waals surface area contributed by atoms with Gasteiger partial charge in [0.2, 0.25) is 10.0 Å². The third kappa shape index (κ3) is 4.13. The van der Waals surface area contributed by atoms with Gasteiger partial charge >= 0.3 is 5.97 Å². The number of sulfonamides is 1. The van der Waals surface area contributed by atoms with E-state index in [0.29, 0.717) is 5.57 Å². The highest BCUT2D eigenvalue weighted by molar-refractivity contribution is 7.93. The predicted octanol–water partition coefficient (Wildman–Crippen LogP) is 3.78. The zero-order valence-electron chi connectivity index (χ0n) is 18.7. The molecule has 3 N–H and O–H groups in total. The van der Waals surface area contributed by atoms with E-state index in [-0.39, 0.29) is 29.2 Å². The Morgan fingerprint density at radius 1 is 0.914 bits per heavy atom. The Labute approximate surface area is 202 Å². The van der Waals surface area contributed by atoms with E-state index >= 15 is 0 Å². The first kappa shape index (κ1) is 22.9. The molecule has 0 aliphatic carbocycles. The lowest BCUT2D eigenvalue weighted by molar-refractivity contribution is 0.0602. The van der Waals surface area contributed by atoms with Gasteiger partial charge in [-0.15, -0.1) is 0 Å². The largest absolute Gasteiger partial charge is 0.508 e. The highest BCUT2D eigenvalue weighted by Crippen LogP contribution is 2.50. The van der Waals surface area contributed by atoms with Crippen molar-refractivity contribution in [1.82, 2.24) is 0 Å². The SMILES string of the molecule is COC(=O)c1ccccc1NS(=O)(=O)C1CC2OC1C(c1ccc(O)cc1)=C2c1ccc(O)cc1. The molecule has 2 aliphatic heterocycles. The van der Waals surface area contributed by atoms with Crippen LogP contribution >= 0.6 is 0 Å². The Hall–Kier alpha value is -3.82. The number of rotatable bonds is 6. The van der Waals surface area contributed by atoms with Crippen molar-refractivity contribution in [3.05, 3.63) is 89.5 Å². The van der Waals surface area contributed by atoms with Crippen LogP contribution in [0.4, 0.5) is 5.69 Å².